The summed E-state index contributed by atoms with van der Waals surface area (Å²) in [6, 6.07) is 6.20. The van der Waals surface area contributed by atoms with Crippen molar-refractivity contribution < 1.29 is 9.18 Å². The highest BCUT2D eigenvalue weighted by molar-refractivity contribution is 5.73. The van der Waals surface area contributed by atoms with Crippen LogP contribution in [0.15, 0.2) is 24.3 Å². The molecule has 0 bridgehead atoms. The van der Waals surface area contributed by atoms with Crippen LogP contribution in [0.2, 0.25) is 0 Å². The number of nitrogens with zero attached hydrogens (tertiary/aromatic N) is 3. The van der Waals surface area contributed by atoms with Gasteiger partial charge >= 0.3 is 0 Å². The molecule has 94 valence electrons. The summed E-state index contributed by atoms with van der Waals surface area (Å²) in [7, 11) is 0. The highest BCUT2D eigenvalue weighted by Crippen LogP contribution is 2.17. The second kappa shape index (κ2) is 5.08. The first-order valence-electron chi connectivity index (χ1n) is 5.75. The van der Waals surface area contributed by atoms with Gasteiger partial charge in [-0.25, -0.2) is 9.07 Å². The summed E-state index contributed by atoms with van der Waals surface area (Å²) in [6.45, 7) is 4.44. The molecule has 0 aliphatic carbocycles. The molecule has 0 fully saturated rings. The Labute approximate surface area is 104 Å². The van der Waals surface area contributed by atoms with Gasteiger partial charge in [-0.2, -0.15) is 0 Å². The molecule has 1 aromatic heterocycles. The van der Waals surface area contributed by atoms with Crippen molar-refractivity contribution in [1.82, 2.24) is 15.0 Å². The molecule has 0 unspecified atom stereocenters. The van der Waals surface area contributed by atoms with Crippen LogP contribution in [-0.4, -0.2) is 21.3 Å². The van der Waals surface area contributed by atoms with E-state index in [0.717, 1.165) is 11.3 Å². The average molecular weight is 247 g/mol. The van der Waals surface area contributed by atoms with Gasteiger partial charge in [0.1, 0.15) is 11.5 Å². The largest absolute Gasteiger partial charge is 0.296 e. The first-order chi connectivity index (χ1) is 8.61. The van der Waals surface area contributed by atoms with Crippen molar-refractivity contribution in [3.8, 4) is 0 Å². The first kappa shape index (κ1) is 12.4. The maximum atomic E-state index is 12.8. The van der Waals surface area contributed by atoms with E-state index in [9.17, 15) is 9.18 Å². The Morgan fingerprint density at radius 2 is 2.00 bits per heavy atom. The molecule has 0 saturated carbocycles. The molecule has 0 atom stereocenters. The fourth-order valence-corrected chi connectivity index (χ4v) is 1.89. The summed E-state index contributed by atoms with van der Waals surface area (Å²) in [5.74, 6) is -0.115. The monoisotopic (exact) mass is 247 g/mol. The van der Waals surface area contributed by atoms with E-state index in [1.54, 1.807) is 16.8 Å². The van der Waals surface area contributed by atoms with Gasteiger partial charge in [-0.05, 0) is 23.6 Å². The highest BCUT2D eigenvalue weighted by atomic mass is 19.1. The van der Waals surface area contributed by atoms with Crippen LogP contribution >= 0.6 is 0 Å². The number of hydrogen-bond acceptors (Lipinski definition) is 3. The van der Waals surface area contributed by atoms with Crippen molar-refractivity contribution in [1.29, 1.82) is 0 Å². The summed E-state index contributed by atoms with van der Waals surface area (Å²) in [4.78, 5) is 10.9. The Morgan fingerprint density at radius 3 is 2.56 bits per heavy atom. The lowest BCUT2D eigenvalue weighted by Gasteiger charge is -2.09. The van der Waals surface area contributed by atoms with E-state index < -0.39 is 0 Å². The van der Waals surface area contributed by atoms with Crippen molar-refractivity contribution in [2.24, 2.45) is 0 Å². The second-order valence-electron chi connectivity index (χ2n) is 4.42. The van der Waals surface area contributed by atoms with Crippen molar-refractivity contribution >= 4 is 6.29 Å². The molecule has 5 heteroatoms. The molecule has 4 nitrogen and oxygen atoms in total. The van der Waals surface area contributed by atoms with Gasteiger partial charge in [0.2, 0.25) is 0 Å². The third-order valence-electron chi connectivity index (χ3n) is 2.71. The van der Waals surface area contributed by atoms with Gasteiger partial charge in [-0.15, -0.1) is 5.10 Å². The molecular formula is C13H14FN3O. The smallest absolute Gasteiger partial charge is 0.172 e. The van der Waals surface area contributed by atoms with E-state index in [-0.39, 0.29) is 11.7 Å². The topological polar surface area (TPSA) is 47.8 Å². The lowest BCUT2D eigenvalue weighted by atomic mass is 10.1. The molecular weight excluding hydrogens is 233 g/mol. The maximum absolute atomic E-state index is 12.8. The van der Waals surface area contributed by atoms with Gasteiger partial charge < -0.3 is 0 Å². The van der Waals surface area contributed by atoms with E-state index in [2.05, 4.69) is 10.3 Å². The number of aldehydes is 1. The van der Waals surface area contributed by atoms with Crippen molar-refractivity contribution in [2.75, 3.05) is 0 Å². The minimum Gasteiger partial charge on any atom is -0.296 e. The Morgan fingerprint density at radius 1 is 1.33 bits per heavy atom. The van der Waals surface area contributed by atoms with E-state index in [4.69, 9.17) is 0 Å². The SMILES string of the molecule is CC(C)c1c(C=O)nnn1Cc1ccc(F)cc1. The molecule has 18 heavy (non-hydrogen) atoms. The number of aromatic nitrogens is 3. The van der Waals surface area contributed by atoms with Crippen LogP contribution < -0.4 is 0 Å². The maximum Gasteiger partial charge on any atom is 0.172 e. The van der Waals surface area contributed by atoms with E-state index in [1.165, 1.54) is 12.1 Å². The molecule has 0 saturated heterocycles. The van der Waals surface area contributed by atoms with Crippen LogP contribution in [0.5, 0.6) is 0 Å². The van der Waals surface area contributed by atoms with Crippen molar-refractivity contribution in [3.05, 3.63) is 47.0 Å². The molecule has 0 amide bonds. The number of hydrogen-bond donors (Lipinski definition) is 0. The summed E-state index contributed by atoms with van der Waals surface area (Å²) in [6.07, 6.45) is 0.712. The first-order valence-corrected chi connectivity index (χ1v) is 5.75. The highest BCUT2D eigenvalue weighted by Gasteiger charge is 2.15. The van der Waals surface area contributed by atoms with Crippen LogP contribution in [0.25, 0.3) is 0 Å². The minimum atomic E-state index is -0.269. The van der Waals surface area contributed by atoms with Gasteiger partial charge in [0.25, 0.3) is 0 Å². The molecule has 1 aromatic carbocycles. The van der Waals surface area contributed by atoms with Crippen LogP contribution in [0.3, 0.4) is 0 Å². The van der Waals surface area contributed by atoms with Gasteiger partial charge in [-0.1, -0.05) is 31.2 Å². The fraction of sp³-hybridized carbons (Fsp3) is 0.308. The van der Waals surface area contributed by atoms with Crippen LogP contribution in [-0.2, 0) is 6.54 Å². The number of carbonyl (C=O) groups is 1. The zero-order valence-corrected chi connectivity index (χ0v) is 10.3. The lowest BCUT2D eigenvalue weighted by molar-refractivity contribution is 0.111. The van der Waals surface area contributed by atoms with Gasteiger partial charge in [0.05, 0.1) is 12.2 Å². The molecule has 0 spiro atoms. The van der Waals surface area contributed by atoms with Gasteiger partial charge in [-0.3, -0.25) is 4.79 Å². The molecule has 0 aliphatic heterocycles. The molecule has 1 heterocycles. The Kier molecular flexibility index (Phi) is 3.50. The summed E-state index contributed by atoms with van der Waals surface area (Å²) in [5, 5.41) is 7.81. The Hall–Kier alpha value is -2.04. The predicted molar refractivity (Wildman–Crippen MR) is 65.0 cm³/mol. The Balaban J connectivity index is 2.31. The molecule has 0 aliphatic rings. The summed E-state index contributed by atoms with van der Waals surface area (Å²) in [5.41, 5.74) is 2.09. The molecule has 2 rings (SSSR count). The minimum absolute atomic E-state index is 0.153. The number of benzene rings is 1. The van der Waals surface area contributed by atoms with Gasteiger partial charge in [0, 0.05) is 0 Å². The normalized spacial score (nSPS) is 10.9. The zero-order valence-electron chi connectivity index (χ0n) is 10.3. The van der Waals surface area contributed by atoms with E-state index in [0.29, 0.717) is 18.5 Å². The van der Waals surface area contributed by atoms with E-state index >= 15 is 0 Å². The van der Waals surface area contributed by atoms with Crippen molar-refractivity contribution in [2.45, 2.75) is 26.3 Å². The standard InChI is InChI=1S/C13H14FN3O/c1-9(2)13-12(8-18)15-16-17(13)7-10-3-5-11(14)6-4-10/h3-6,8-9H,7H2,1-2H3. The quantitative estimate of drug-likeness (QED) is 0.779. The Bertz CT molecular complexity index is 546. The molecule has 2 aromatic rings. The second-order valence-corrected chi connectivity index (χ2v) is 4.42. The lowest BCUT2D eigenvalue weighted by Crippen LogP contribution is -2.08. The van der Waals surface area contributed by atoms with E-state index in [1.807, 2.05) is 13.8 Å². The van der Waals surface area contributed by atoms with Gasteiger partial charge in [0.15, 0.2) is 6.29 Å². The predicted octanol–water partition coefficient (Wildman–Crippen LogP) is 2.40. The zero-order chi connectivity index (χ0) is 13.1. The van der Waals surface area contributed by atoms with Crippen LogP contribution in [0.1, 0.15) is 41.5 Å². The summed E-state index contributed by atoms with van der Waals surface area (Å²) < 4.78 is 14.5. The molecule has 0 N–H and O–H groups in total. The number of carbonyl (C=O) groups excluding carboxylic acids is 1. The number of rotatable bonds is 4. The van der Waals surface area contributed by atoms with Crippen molar-refractivity contribution in [3.63, 3.8) is 0 Å². The average Bonchev–Trinajstić information content (AvgIpc) is 2.75. The van der Waals surface area contributed by atoms with Crippen LogP contribution in [0.4, 0.5) is 4.39 Å². The molecule has 0 radical (unpaired) electrons. The fourth-order valence-electron chi connectivity index (χ4n) is 1.89. The third-order valence-corrected chi connectivity index (χ3v) is 2.71. The number of halogens is 1. The summed E-state index contributed by atoms with van der Waals surface area (Å²) >= 11 is 0. The van der Waals surface area contributed by atoms with Crippen LogP contribution in [0, 0.1) is 5.82 Å². The third kappa shape index (κ3) is 2.45.